The zero-order chi connectivity index (χ0) is 16.3. The van der Waals surface area contributed by atoms with Crippen molar-refractivity contribution in [2.45, 2.75) is 33.6 Å². The molecule has 2 nitrogen and oxygen atoms in total. The molecule has 22 heavy (non-hydrogen) atoms. The Morgan fingerprint density at radius 1 is 1.32 bits per heavy atom. The monoisotopic (exact) mass is 355 g/mol. The third-order valence-electron chi connectivity index (χ3n) is 3.62. The number of unbranched alkanes of at least 4 members (excludes halogenated alkanes) is 1. The van der Waals surface area contributed by atoms with E-state index in [-0.39, 0.29) is 5.78 Å². The van der Waals surface area contributed by atoms with Gasteiger partial charge in [0.2, 0.25) is 0 Å². The molecule has 0 aromatic heterocycles. The maximum Gasteiger partial charge on any atom is 0.189 e. The second-order valence-corrected chi connectivity index (χ2v) is 7.30. The number of thioether (sulfide) groups is 1. The predicted molar refractivity (Wildman–Crippen MR) is 96.5 cm³/mol. The second-order valence-electron chi connectivity index (χ2n) is 5.22. The number of hydrogen-bond acceptors (Lipinski definition) is 3. The number of ketones is 1. The number of allylic oxidation sites excluding steroid dienone is 3. The Morgan fingerprint density at radius 2 is 2.05 bits per heavy atom. The van der Waals surface area contributed by atoms with Crippen LogP contribution < -0.4 is 0 Å². The number of rotatable bonds is 5. The van der Waals surface area contributed by atoms with Gasteiger partial charge in [0.25, 0.3) is 0 Å². The summed E-state index contributed by atoms with van der Waals surface area (Å²) in [4.78, 5) is 16.0. The number of halogens is 2. The molecule has 1 heterocycles. The molecule has 118 valence electrons. The minimum absolute atomic E-state index is 0.0897. The van der Waals surface area contributed by atoms with E-state index < -0.39 is 0 Å². The van der Waals surface area contributed by atoms with E-state index >= 15 is 0 Å². The Bertz CT molecular complexity index is 652. The topological polar surface area (TPSA) is 20.3 Å². The van der Waals surface area contributed by atoms with Gasteiger partial charge in [0.15, 0.2) is 5.78 Å². The molecule has 5 heteroatoms. The molecule has 0 spiro atoms. The Labute approximate surface area is 146 Å². The van der Waals surface area contributed by atoms with Crippen LogP contribution in [0.1, 0.15) is 44.0 Å². The van der Waals surface area contributed by atoms with Crippen molar-refractivity contribution in [3.63, 3.8) is 0 Å². The first kappa shape index (κ1) is 17.5. The summed E-state index contributed by atoms with van der Waals surface area (Å²) in [6.45, 7) is 7.27. The molecule has 1 aliphatic heterocycles. The van der Waals surface area contributed by atoms with Crippen molar-refractivity contribution in [3.05, 3.63) is 55.5 Å². The lowest BCUT2D eigenvalue weighted by molar-refractivity contribution is 0.104. The average molecular weight is 356 g/mol. The molecule has 2 rings (SSSR count). The molecule has 0 saturated heterocycles. The molecule has 0 radical (unpaired) electrons. The highest BCUT2D eigenvalue weighted by Crippen LogP contribution is 2.41. The maximum atomic E-state index is 12.5. The lowest BCUT2D eigenvalue weighted by Crippen LogP contribution is -2.18. The Morgan fingerprint density at radius 3 is 2.68 bits per heavy atom. The van der Waals surface area contributed by atoms with Crippen molar-refractivity contribution in [1.82, 2.24) is 4.90 Å². The van der Waals surface area contributed by atoms with Crippen LogP contribution in [0.4, 0.5) is 0 Å². The minimum Gasteiger partial charge on any atom is -0.339 e. The smallest absolute Gasteiger partial charge is 0.189 e. The van der Waals surface area contributed by atoms with E-state index in [4.69, 9.17) is 23.2 Å². The van der Waals surface area contributed by atoms with Gasteiger partial charge in [-0.05, 0) is 38.5 Å². The first-order valence-corrected chi connectivity index (χ1v) is 8.85. The Hall–Kier alpha value is -0.900. The van der Waals surface area contributed by atoms with Gasteiger partial charge in [-0.3, -0.25) is 4.79 Å². The summed E-state index contributed by atoms with van der Waals surface area (Å²) in [5.41, 5.74) is 1.71. The first-order chi connectivity index (χ1) is 10.4. The predicted octanol–water partition coefficient (Wildman–Crippen LogP) is 6.12. The van der Waals surface area contributed by atoms with Crippen molar-refractivity contribution in [1.29, 1.82) is 0 Å². The number of carbonyl (C=O) groups excluding carboxylic acids is 1. The van der Waals surface area contributed by atoms with Gasteiger partial charge in [-0.1, -0.05) is 48.3 Å². The van der Waals surface area contributed by atoms with Crippen molar-refractivity contribution in [2.75, 3.05) is 6.54 Å². The summed E-state index contributed by atoms with van der Waals surface area (Å²) in [7, 11) is 0. The molecule has 0 unspecified atom stereocenters. The van der Waals surface area contributed by atoms with E-state index in [0.717, 1.165) is 24.4 Å². The molecule has 1 aliphatic rings. The number of hydrogen-bond donors (Lipinski definition) is 0. The van der Waals surface area contributed by atoms with Crippen LogP contribution in [-0.4, -0.2) is 17.2 Å². The highest BCUT2D eigenvalue weighted by molar-refractivity contribution is 8.06. The molecule has 0 fully saturated rings. The van der Waals surface area contributed by atoms with Gasteiger partial charge in [-0.25, -0.2) is 0 Å². The normalized spacial score (nSPS) is 16.8. The minimum atomic E-state index is -0.0897. The number of nitrogens with zero attached hydrogens (tertiary/aromatic N) is 1. The fourth-order valence-electron chi connectivity index (χ4n) is 2.22. The van der Waals surface area contributed by atoms with Crippen LogP contribution in [-0.2, 0) is 0 Å². The highest BCUT2D eigenvalue weighted by Gasteiger charge is 2.23. The van der Waals surface area contributed by atoms with E-state index in [1.807, 2.05) is 0 Å². The fraction of sp³-hybridized carbons (Fsp3) is 0.353. The van der Waals surface area contributed by atoms with Crippen LogP contribution in [0.5, 0.6) is 0 Å². The SMILES string of the molecule is CCCCN1C(=CC(=O)c2ccc(Cl)cc2Cl)SC(C)=C1C. The zero-order valence-electron chi connectivity index (χ0n) is 13.0. The van der Waals surface area contributed by atoms with Crippen LogP contribution >= 0.6 is 35.0 Å². The first-order valence-electron chi connectivity index (χ1n) is 7.28. The molecule has 0 amide bonds. The molecule has 0 N–H and O–H groups in total. The average Bonchev–Trinajstić information content (AvgIpc) is 2.71. The second kappa shape index (κ2) is 7.58. The Kier molecular flexibility index (Phi) is 6.01. The number of carbonyl (C=O) groups is 1. The van der Waals surface area contributed by atoms with Gasteiger partial charge in [0.1, 0.15) is 0 Å². The quantitative estimate of drug-likeness (QED) is 0.468. The lowest BCUT2D eigenvalue weighted by atomic mass is 10.1. The van der Waals surface area contributed by atoms with Crippen molar-refractivity contribution >= 4 is 40.7 Å². The molecule has 0 aliphatic carbocycles. The van der Waals surface area contributed by atoms with Crippen LogP contribution in [0.25, 0.3) is 0 Å². The van der Waals surface area contributed by atoms with Crippen LogP contribution in [0.15, 0.2) is 39.9 Å². The molecule has 0 bridgehead atoms. The van der Waals surface area contributed by atoms with E-state index in [1.54, 1.807) is 36.0 Å². The van der Waals surface area contributed by atoms with Crippen LogP contribution in [0.3, 0.4) is 0 Å². The zero-order valence-corrected chi connectivity index (χ0v) is 15.3. The fourth-order valence-corrected chi connectivity index (χ4v) is 3.80. The van der Waals surface area contributed by atoms with Crippen molar-refractivity contribution in [2.24, 2.45) is 0 Å². The van der Waals surface area contributed by atoms with Gasteiger partial charge in [0.05, 0.1) is 10.1 Å². The van der Waals surface area contributed by atoms with E-state index in [9.17, 15) is 4.79 Å². The molecule has 1 aromatic rings. The largest absolute Gasteiger partial charge is 0.339 e. The van der Waals surface area contributed by atoms with Gasteiger partial charge in [0, 0.05) is 33.8 Å². The molecule has 0 atom stereocenters. The number of benzene rings is 1. The van der Waals surface area contributed by atoms with Crippen molar-refractivity contribution < 1.29 is 4.79 Å². The maximum absolute atomic E-state index is 12.5. The molecule has 0 saturated carbocycles. The third-order valence-corrected chi connectivity index (χ3v) is 5.32. The summed E-state index contributed by atoms with van der Waals surface area (Å²) in [5, 5.41) is 1.89. The summed E-state index contributed by atoms with van der Waals surface area (Å²) < 4.78 is 0. The lowest BCUT2D eigenvalue weighted by Gasteiger charge is -2.21. The third kappa shape index (κ3) is 3.89. The standard InChI is InChI=1S/C17H19Cl2NOS/c1-4-5-8-20-11(2)12(3)22-17(20)10-16(21)14-7-6-13(18)9-15(14)19/h6-7,9-10H,4-5,8H2,1-3H3. The van der Waals surface area contributed by atoms with E-state index in [2.05, 4.69) is 25.7 Å². The Balaban J connectivity index is 2.25. The molecule has 1 aromatic carbocycles. The van der Waals surface area contributed by atoms with E-state index in [0.29, 0.717) is 15.6 Å². The van der Waals surface area contributed by atoms with Gasteiger partial charge >= 0.3 is 0 Å². The summed E-state index contributed by atoms with van der Waals surface area (Å²) in [5.74, 6) is -0.0897. The van der Waals surface area contributed by atoms with Gasteiger partial charge in [-0.2, -0.15) is 0 Å². The summed E-state index contributed by atoms with van der Waals surface area (Å²) in [6, 6.07) is 4.96. The highest BCUT2D eigenvalue weighted by atomic mass is 35.5. The summed E-state index contributed by atoms with van der Waals surface area (Å²) >= 11 is 13.6. The summed E-state index contributed by atoms with van der Waals surface area (Å²) in [6.07, 6.45) is 3.89. The van der Waals surface area contributed by atoms with Crippen LogP contribution in [0.2, 0.25) is 10.0 Å². The van der Waals surface area contributed by atoms with Gasteiger partial charge < -0.3 is 4.90 Å². The van der Waals surface area contributed by atoms with E-state index in [1.165, 1.54) is 10.6 Å². The van der Waals surface area contributed by atoms with Crippen LogP contribution in [0, 0.1) is 0 Å². The van der Waals surface area contributed by atoms with Crippen molar-refractivity contribution in [3.8, 4) is 0 Å². The van der Waals surface area contributed by atoms with Gasteiger partial charge in [-0.15, -0.1) is 0 Å². The molecular formula is C17H19Cl2NOS. The molecular weight excluding hydrogens is 337 g/mol.